The predicted molar refractivity (Wildman–Crippen MR) is 99.8 cm³/mol. The second-order valence-corrected chi connectivity index (χ2v) is 8.20. The minimum atomic E-state index is -1.28. The number of piperidine rings is 2. The molecule has 2 aliphatic heterocycles. The first-order valence-electron chi connectivity index (χ1n) is 9.58. The quantitative estimate of drug-likeness (QED) is 0.865. The molecule has 0 radical (unpaired) electrons. The van der Waals surface area contributed by atoms with E-state index in [1.54, 1.807) is 6.07 Å². The minimum absolute atomic E-state index is 0.0348. The molecule has 2 bridgehead atoms. The summed E-state index contributed by atoms with van der Waals surface area (Å²) in [5.41, 5.74) is 6.44. The topological polar surface area (TPSA) is 88.6 Å². The number of hydrogen-bond donors (Lipinski definition) is 2. The van der Waals surface area contributed by atoms with Crippen molar-refractivity contribution in [2.75, 3.05) is 11.4 Å². The number of carboxylic acid groups (broad SMARTS) is 1. The maximum Gasteiger partial charge on any atom is 0.341 e. The molecule has 0 spiro atoms. The van der Waals surface area contributed by atoms with Crippen LogP contribution < -0.4 is 16.1 Å². The molecule has 0 unspecified atom stereocenters. The first-order chi connectivity index (χ1) is 12.9. The Hall–Kier alpha value is -2.41. The van der Waals surface area contributed by atoms with Gasteiger partial charge in [0.05, 0.1) is 11.2 Å². The average molecular weight is 371 g/mol. The Kier molecular flexibility index (Phi) is 3.59. The molecule has 2 aliphatic carbocycles. The van der Waals surface area contributed by atoms with Crippen LogP contribution in [0.25, 0.3) is 10.9 Å². The fourth-order valence-electron chi connectivity index (χ4n) is 4.91. The van der Waals surface area contributed by atoms with Crippen molar-refractivity contribution in [3.05, 3.63) is 39.9 Å². The zero-order chi connectivity index (χ0) is 18.9. The molecule has 2 saturated carbocycles. The van der Waals surface area contributed by atoms with Gasteiger partial charge in [0.25, 0.3) is 0 Å². The first-order valence-corrected chi connectivity index (χ1v) is 9.58. The number of carbonyl (C=O) groups is 1. The standard InChI is InChI=1S/C20H22FN3O3/c21-14-6-12-17(23(11-2-3-11)9-13(19(12)25)20(26)27)7-18(14)24-8-10-1-4-16(24)15(22)5-10/h6-7,9-11,15-16H,1-5,8,22H2,(H,26,27)/t10-,15+,16+/m0/s1. The second-order valence-electron chi connectivity index (χ2n) is 8.20. The largest absolute Gasteiger partial charge is 0.477 e. The fraction of sp³-hybridized carbons (Fsp3) is 0.500. The van der Waals surface area contributed by atoms with E-state index < -0.39 is 17.2 Å². The van der Waals surface area contributed by atoms with Crippen molar-refractivity contribution in [1.82, 2.24) is 4.57 Å². The molecule has 0 amide bonds. The number of carboxylic acids is 1. The van der Waals surface area contributed by atoms with Crippen LogP contribution in [0.4, 0.5) is 10.1 Å². The van der Waals surface area contributed by atoms with E-state index in [-0.39, 0.29) is 29.1 Å². The molecule has 3 heterocycles. The number of pyridine rings is 1. The molecule has 1 aromatic carbocycles. The highest BCUT2D eigenvalue weighted by Gasteiger charge is 2.40. The molecule has 27 heavy (non-hydrogen) atoms. The highest BCUT2D eigenvalue weighted by atomic mass is 19.1. The summed E-state index contributed by atoms with van der Waals surface area (Å²) < 4.78 is 16.9. The number of fused-ring (bicyclic) bond motifs is 4. The van der Waals surface area contributed by atoms with Crippen LogP contribution in [0.5, 0.6) is 0 Å². The van der Waals surface area contributed by atoms with E-state index in [1.165, 1.54) is 12.3 Å². The Morgan fingerprint density at radius 2 is 2.00 bits per heavy atom. The Labute approximate surface area is 155 Å². The van der Waals surface area contributed by atoms with Crippen LogP contribution >= 0.6 is 0 Å². The second kappa shape index (κ2) is 5.79. The summed E-state index contributed by atoms with van der Waals surface area (Å²) in [5, 5.41) is 9.48. The summed E-state index contributed by atoms with van der Waals surface area (Å²) in [6.07, 6.45) is 6.34. The van der Waals surface area contributed by atoms with Crippen molar-refractivity contribution in [3.8, 4) is 0 Å². The Bertz CT molecular complexity index is 1010. The lowest BCUT2D eigenvalue weighted by molar-refractivity contribution is 0.0695. The Balaban J connectivity index is 1.71. The minimum Gasteiger partial charge on any atom is -0.477 e. The number of nitrogens with two attached hydrogens (primary N) is 1. The van der Waals surface area contributed by atoms with Crippen LogP contribution in [0.3, 0.4) is 0 Å². The highest BCUT2D eigenvalue weighted by molar-refractivity contribution is 5.93. The van der Waals surface area contributed by atoms with E-state index in [0.717, 1.165) is 38.6 Å². The van der Waals surface area contributed by atoms with Crippen LogP contribution in [0.2, 0.25) is 0 Å². The monoisotopic (exact) mass is 371 g/mol. The molecular formula is C20H22FN3O3. The van der Waals surface area contributed by atoms with Crippen molar-refractivity contribution in [3.63, 3.8) is 0 Å². The molecular weight excluding hydrogens is 349 g/mol. The number of aromatic carboxylic acids is 1. The third-order valence-electron chi connectivity index (χ3n) is 6.41. The van der Waals surface area contributed by atoms with Gasteiger partial charge in [-0.2, -0.15) is 0 Å². The molecule has 142 valence electrons. The molecule has 4 aliphatic rings. The number of benzene rings is 1. The van der Waals surface area contributed by atoms with Gasteiger partial charge in [0, 0.05) is 36.3 Å². The Morgan fingerprint density at radius 1 is 1.22 bits per heavy atom. The number of rotatable bonds is 3. The summed E-state index contributed by atoms with van der Waals surface area (Å²) in [4.78, 5) is 26.1. The SMILES string of the molecule is N[C@@H]1C[C@@H]2CC[C@H]1N(c1cc3c(cc1F)c(=O)c(C(=O)O)cn3C1CC1)C2. The van der Waals surface area contributed by atoms with Crippen molar-refractivity contribution < 1.29 is 14.3 Å². The van der Waals surface area contributed by atoms with Crippen molar-refractivity contribution in [2.45, 2.75) is 50.2 Å². The summed E-state index contributed by atoms with van der Waals surface area (Å²) in [6.45, 7) is 0.779. The number of aromatic nitrogens is 1. The van der Waals surface area contributed by atoms with E-state index in [0.29, 0.717) is 17.1 Å². The molecule has 2 aromatic rings. The summed E-state index contributed by atoms with van der Waals surface area (Å²) in [5.74, 6) is -1.29. The number of anilines is 1. The van der Waals surface area contributed by atoms with Crippen LogP contribution in [0.1, 0.15) is 48.5 Å². The normalized spacial score (nSPS) is 27.3. The zero-order valence-electron chi connectivity index (χ0n) is 14.9. The van der Waals surface area contributed by atoms with Crippen LogP contribution in [0, 0.1) is 11.7 Å². The maximum atomic E-state index is 15.0. The van der Waals surface area contributed by atoms with E-state index >= 15 is 4.39 Å². The van der Waals surface area contributed by atoms with Gasteiger partial charge in [0.2, 0.25) is 5.43 Å². The molecule has 4 fully saturated rings. The summed E-state index contributed by atoms with van der Waals surface area (Å²) >= 11 is 0. The fourth-order valence-corrected chi connectivity index (χ4v) is 4.91. The first kappa shape index (κ1) is 16.7. The lowest BCUT2D eigenvalue weighted by atomic mass is 9.76. The predicted octanol–water partition coefficient (Wildman–Crippen LogP) is 2.49. The molecule has 1 aromatic heterocycles. The van der Waals surface area contributed by atoms with Crippen LogP contribution in [0.15, 0.2) is 23.1 Å². The molecule has 6 nitrogen and oxygen atoms in total. The smallest absolute Gasteiger partial charge is 0.341 e. The van der Waals surface area contributed by atoms with Gasteiger partial charge in [-0.1, -0.05) is 0 Å². The van der Waals surface area contributed by atoms with Crippen LogP contribution in [-0.4, -0.2) is 34.3 Å². The van der Waals surface area contributed by atoms with Gasteiger partial charge in [-0.15, -0.1) is 0 Å². The van der Waals surface area contributed by atoms with Gasteiger partial charge >= 0.3 is 5.97 Å². The van der Waals surface area contributed by atoms with E-state index in [9.17, 15) is 14.7 Å². The zero-order valence-corrected chi connectivity index (χ0v) is 14.9. The van der Waals surface area contributed by atoms with Crippen molar-refractivity contribution in [1.29, 1.82) is 0 Å². The lowest BCUT2D eigenvalue weighted by Gasteiger charge is -2.50. The van der Waals surface area contributed by atoms with Crippen molar-refractivity contribution in [2.24, 2.45) is 11.7 Å². The molecule has 3 N–H and O–H groups in total. The van der Waals surface area contributed by atoms with Crippen molar-refractivity contribution >= 4 is 22.6 Å². The van der Waals surface area contributed by atoms with Gasteiger partial charge in [-0.3, -0.25) is 4.79 Å². The molecule has 7 heteroatoms. The molecule has 3 atom stereocenters. The summed E-state index contributed by atoms with van der Waals surface area (Å²) in [7, 11) is 0. The number of hydrogen-bond acceptors (Lipinski definition) is 4. The van der Waals surface area contributed by atoms with Gasteiger partial charge in [-0.05, 0) is 50.2 Å². The highest BCUT2D eigenvalue weighted by Crippen LogP contribution is 2.41. The van der Waals surface area contributed by atoms with Gasteiger partial charge in [0.15, 0.2) is 0 Å². The lowest BCUT2D eigenvalue weighted by Crippen LogP contribution is -2.59. The van der Waals surface area contributed by atoms with Gasteiger partial charge in [-0.25, -0.2) is 9.18 Å². The Morgan fingerprint density at radius 3 is 2.63 bits per heavy atom. The third-order valence-corrected chi connectivity index (χ3v) is 6.41. The number of nitrogens with zero attached hydrogens (tertiary/aromatic N) is 2. The summed E-state index contributed by atoms with van der Waals surface area (Å²) in [6, 6.07) is 3.26. The van der Waals surface area contributed by atoms with E-state index in [1.807, 2.05) is 4.57 Å². The van der Waals surface area contributed by atoms with Gasteiger partial charge < -0.3 is 20.3 Å². The van der Waals surface area contributed by atoms with Crippen LogP contribution in [-0.2, 0) is 0 Å². The number of halogens is 1. The third kappa shape index (κ3) is 2.56. The van der Waals surface area contributed by atoms with E-state index in [4.69, 9.17) is 5.73 Å². The molecule has 6 rings (SSSR count). The van der Waals surface area contributed by atoms with Gasteiger partial charge in [0.1, 0.15) is 11.4 Å². The maximum absolute atomic E-state index is 15.0. The molecule has 2 saturated heterocycles. The average Bonchev–Trinajstić information content (AvgIpc) is 3.47. The van der Waals surface area contributed by atoms with E-state index in [2.05, 4.69) is 4.90 Å².